The second-order valence-electron chi connectivity index (χ2n) is 7.95. The zero-order valence-electron chi connectivity index (χ0n) is 16.7. The Hall–Kier alpha value is -2.67. The maximum absolute atomic E-state index is 11.9. The number of nitrogens with zero attached hydrogens (tertiary/aromatic N) is 2. The number of rotatable bonds is 10. The molecule has 4 N–H and O–H groups in total. The van der Waals surface area contributed by atoms with Crippen LogP contribution >= 0.6 is 0 Å². The van der Waals surface area contributed by atoms with E-state index in [0.29, 0.717) is 18.4 Å². The van der Waals surface area contributed by atoms with Crippen LogP contribution < -0.4 is 16.0 Å². The van der Waals surface area contributed by atoms with Crippen LogP contribution in [0.2, 0.25) is 0 Å². The first-order valence-electron chi connectivity index (χ1n) is 10.6. The molecule has 2 saturated carbocycles. The topological polar surface area (TPSA) is 99.2 Å². The SMILES string of the molecule is O=C(NCCCNc1nc(Nc2cccc(CO)c2)ncc1C1CC1)C1CCC1. The van der Waals surface area contributed by atoms with Crippen LogP contribution in [0, 0.1) is 5.92 Å². The maximum Gasteiger partial charge on any atom is 0.229 e. The fourth-order valence-electron chi connectivity index (χ4n) is 3.48. The second-order valence-corrected chi connectivity index (χ2v) is 7.95. The average molecular weight is 396 g/mol. The van der Waals surface area contributed by atoms with Gasteiger partial charge >= 0.3 is 0 Å². The first-order chi connectivity index (χ1) is 14.2. The van der Waals surface area contributed by atoms with Gasteiger partial charge in [0.2, 0.25) is 11.9 Å². The summed E-state index contributed by atoms with van der Waals surface area (Å²) in [4.78, 5) is 21.1. The molecular weight excluding hydrogens is 366 g/mol. The van der Waals surface area contributed by atoms with Crippen molar-refractivity contribution in [3.63, 3.8) is 0 Å². The van der Waals surface area contributed by atoms with Crippen molar-refractivity contribution in [3.05, 3.63) is 41.6 Å². The Morgan fingerprint density at radius 3 is 2.76 bits per heavy atom. The van der Waals surface area contributed by atoms with E-state index in [9.17, 15) is 9.90 Å². The van der Waals surface area contributed by atoms with E-state index in [4.69, 9.17) is 0 Å². The van der Waals surface area contributed by atoms with E-state index in [1.54, 1.807) is 0 Å². The number of aliphatic hydroxyl groups excluding tert-OH is 1. The molecule has 1 aromatic heterocycles. The molecule has 2 aliphatic rings. The molecule has 7 heteroatoms. The quantitative estimate of drug-likeness (QED) is 0.461. The van der Waals surface area contributed by atoms with Crippen LogP contribution in [0.4, 0.5) is 17.5 Å². The number of benzene rings is 1. The summed E-state index contributed by atoms with van der Waals surface area (Å²) in [7, 11) is 0. The molecule has 0 atom stereocenters. The molecule has 0 bridgehead atoms. The van der Waals surface area contributed by atoms with E-state index in [2.05, 4.69) is 25.9 Å². The van der Waals surface area contributed by atoms with E-state index >= 15 is 0 Å². The monoisotopic (exact) mass is 395 g/mol. The van der Waals surface area contributed by atoms with Gasteiger partial charge in [-0.05, 0) is 55.7 Å². The Balaban J connectivity index is 1.33. The number of carbonyl (C=O) groups excluding carboxylic acids is 1. The van der Waals surface area contributed by atoms with Gasteiger partial charge in [-0.2, -0.15) is 4.98 Å². The number of hydrogen-bond donors (Lipinski definition) is 4. The summed E-state index contributed by atoms with van der Waals surface area (Å²) >= 11 is 0. The van der Waals surface area contributed by atoms with Gasteiger partial charge in [0.15, 0.2) is 0 Å². The minimum atomic E-state index is 0.00108. The van der Waals surface area contributed by atoms with Crippen LogP contribution in [0.25, 0.3) is 0 Å². The van der Waals surface area contributed by atoms with Crippen molar-refractivity contribution in [2.45, 2.75) is 51.0 Å². The van der Waals surface area contributed by atoms with Crippen molar-refractivity contribution in [3.8, 4) is 0 Å². The molecule has 7 nitrogen and oxygen atoms in total. The highest BCUT2D eigenvalue weighted by molar-refractivity contribution is 5.79. The molecule has 2 fully saturated rings. The second kappa shape index (κ2) is 9.22. The summed E-state index contributed by atoms with van der Waals surface area (Å²) in [6, 6.07) is 7.58. The van der Waals surface area contributed by atoms with Gasteiger partial charge in [0.25, 0.3) is 0 Å². The number of amides is 1. The summed E-state index contributed by atoms with van der Waals surface area (Å²) < 4.78 is 0. The first kappa shape index (κ1) is 19.6. The van der Waals surface area contributed by atoms with Crippen molar-refractivity contribution in [1.29, 1.82) is 0 Å². The number of nitrogens with one attached hydrogen (secondary N) is 3. The Kier molecular flexibility index (Phi) is 6.24. The predicted molar refractivity (Wildman–Crippen MR) is 113 cm³/mol. The van der Waals surface area contributed by atoms with Gasteiger partial charge in [-0.1, -0.05) is 18.6 Å². The molecular formula is C22H29N5O2. The third kappa shape index (κ3) is 5.23. The molecule has 0 spiro atoms. The highest BCUT2D eigenvalue weighted by Crippen LogP contribution is 2.42. The smallest absolute Gasteiger partial charge is 0.229 e. The molecule has 4 rings (SSSR count). The molecule has 29 heavy (non-hydrogen) atoms. The summed E-state index contributed by atoms with van der Waals surface area (Å²) in [6.07, 6.45) is 8.37. The number of aliphatic hydroxyl groups is 1. The zero-order valence-corrected chi connectivity index (χ0v) is 16.7. The van der Waals surface area contributed by atoms with E-state index in [1.807, 2.05) is 30.5 Å². The van der Waals surface area contributed by atoms with Gasteiger partial charge in [0.05, 0.1) is 6.61 Å². The molecule has 0 unspecified atom stereocenters. The van der Waals surface area contributed by atoms with Crippen molar-refractivity contribution in [2.75, 3.05) is 23.7 Å². The van der Waals surface area contributed by atoms with Crippen molar-refractivity contribution >= 4 is 23.4 Å². The molecule has 2 aromatic rings. The van der Waals surface area contributed by atoms with Gasteiger partial charge in [-0.25, -0.2) is 4.98 Å². The number of anilines is 3. The minimum Gasteiger partial charge on any atom is -0.392 e. The Bertz CT molecular complexity index is 849. The van der Waals surface area contributed by atoms with Crippen molar-refractivity contribution in [2.24, 2.45) is 5.92 Å². The highest BCUT2D eigenvalue weighted by atomic mass is 16.3. The largest absolute Gasteiger partial charge is 0.392 e. The lowest BCUT2D eigenvalue weighted by Gasteiger charge is -2.24. The Labute approximate surface area is 171 Å². The van der Waals surface area contributed by atoms with Crippen molar-refractivity contribution in [1.82, 2.24) is 15.3 Å². The number of carbonyl (C=O) groups is 1. The van der Waals surface area contributed by atoms with Crippen LogP contribution in [-0.4, -0.2) is 34.1 Å². The summed E-state index contributed by atoms with van der Waals surface area (Å²) in [5.41, 5.74) is 2.85. The molecule has 154 valence electrons. The Morgan fingerprint density at radius 2 is 2.03 bits per heavy atom. The Morgan fingerprint density at radius 1 is 1.17 bits per heavy atom. The van der Waals surface area contributed by atoms with Crippen molar-refractivity contribution < 1.29 is 9.90 Å². The maximum atomic E-state index is 11.9. The molecule has 0 aliphatic heterocycles. The standard InChI is InChI=1S/C22H29N5O2/c28-14-15-4-1-7-18(12-15)26-22-25-13-19(16-8-9-16)20(27-22)23-10-3-11-24-21(29)17-5-2-6-17/h1,4,7,12-13,16-17,28H,2-3,5-6,8-11,14H2,(H,24,29)(H2,23,25,26,27). The molecule has 0 radical (unpaired) electrons. The first-order valence-corrected chi connectivity index (χ1v) is 10.6. The molecule has 2 aliphatic carbocycles. The fraction of sp³-hybridized carbons (Fsp3) is 0.500. The van der Waals surface area contributed by atoms with E-state index in [1.165, 1.54) is 19.3 Å². The van der Waals surface area contributed by atoms with Gasteiger partial charge in [0.1, 0.15) is 5.82 Å². The van der Waals surface area contributed by atoms with Gasteiger partial charge in [-0.3, -0.25) is 4.79 Å². The predicted octanol–water partition coefficient (Wildman–Crippen LogP) is 3.31. The highest BCUT2D eigenvalue weighted by Gasteiger charge is 2.28. The van der Waals surface area contributed by atoms with Crippen LogP contribution in [-0.2, 0) is 11.4 Å². The van der Waals surface area contributed by atoms with Crippen LogP contribution in [0.3, 0.4) is 0 Å². The third-order valence-corrected chi connectivity index (χ3v) is 5.62. The molecule has 1 amide bonds. The van der Waals surface area contributed by atoms with Gasteiger partial charge in [-0.15, -0.1) is 0 Å². The average Bonchev–Trinajstić information content (AvgIpc) is 3.52. The number of aromatic nitrogens is 2. The normalized spacial score (nSPS) is 16.2. The number of hydrogen-bond acceptors (Lipinski definition) is 6. The van der Waals surface area contributed by atoms with Gasteiger partial charge < -0.3 is 21.1 Å². The summed E-state index contributed by atoms with van der Waals surface area (Å²) in [6.45, 7) is 1.44. The summed E-state index contributed by atoms with van der Waals surface area (Å²) in [5, 5.41) is 19.0. The van der Waals surface area contributed by atoms with E-state index < -0.39 is 0 Å². The molecule has 1 heterocycles. The van der Waals surface area contributed by atoms with Crippen LogP contribution in [0.1, 0.15) is 55.6 Å². The molecule has 0 saturated heterocycles. The van der Waals surface area contributed by atoms with E-state index in [0.717, 1.165) is 48.4 Å². The lowest BCUT2D eigenvalue weighted by atomic mass is 9.85. The van der Waals surface area contributed by atoms with Gasteiger partial charge in [0, 0.05) is 36.5 Å². The lowest BCUT2D eigenvalue weighted by molar-refractivity contribution is -0.127. The fourth-order valence-corrected chi connectivity index (χ4v) is 3.48. The third-order valence-electron chi connectivity index (χ3n) is 5.62. The lowest BCUT2D eigenvalue weighted by Crippen LogP contribution is -2.35. The zero-order chi connectivity index (χ0) is 20.1. The van der Waals surface area contributed by atoms with E-state index in [-0.39, 0.29) is 18.4 Å². The minimum absolute atomic E-state index is 0.00108. The van der Waals surface area contributed by atoms with Crippen LogP contribution in [0.15, 0.2) is 30.5 Å². The summed E-state index contributed by atoms with van der Waals surface area (Å²) in [5.74, 6) is 2.39. The molecule has 1 aromatic carbocycles. The van der Waals surface area contributed by atoms with Crippen LogP contribution in [0.5, 0.6) is 0 Å².